The third-order valence-electron chi connectivity index (χ3n) is 1.80. The quantitative estimate of drug-likeness (QED) is 0.760. The molecule has 1 aromatic rings. The van der Waals surface area contributed by atoms with Crippen molar-refractivity contribution in [2.75, 3.05) is 14.2 Å². The van der Waals surface area contributed by atoms with E-state index in [0.717, 1.165) is 0 Å². The highest BCUT2D eigenvalue weighted by atomic mass is 19.1. The molecule has 0 saturated carbocycles. The number of nitrogens with one attached hydrogen (secondary N) is 1. The molecule has 1 rings (SSSR count). The molecule has 0 atom stereocenters. The van der Waals surface area contributed by atoms with Crippen LogP contribution in [0, 0.1) is 5.82 Å². The van der Waals surface area contributed by atoms with Gasteiger partial charge in [-0.2, -0.15) is 0 Å². The zero-order valence-electron chi connectivity index (χ0n) is 8.54. The summed E-state index contributed by atoms with van der Waals surface area (Å²) in [4.78, 5) is 15.5. The molecule has 4 nitrogen and oxygen atoms in total. The lowest BCUT2D eigenvalue weighted by Crippen LogP contribution is -2.23. The van der Waals surface area contributed by atoms with Gasteiger partial charge in [-0.15, -0.1) is 0 Å². The van der Waals surface area contributed by atoms with Crippen molar-refractivity contribution < 1.29 is 18.8 Å². The van der Waals surface area contributed by atoms with Crippen LogP contribution in [-0.2, 0) is 16.1 Å². The van der Waals surface area contributed by atoms with Crippen molar-refractivity contribution in [3.05, 3.63) is 29.6 Å². The van der Waals surface area contributed by atoms with Crippen molar-refractivity contribution in [1.82, 2.24) is 5.48 Å². The number of carbonyl (C=O) groups is 1. The van der Waals surface area contributed by atoms with Crippen molar-refractivity contribution in [2.45, 2.75) is 6.42 Å². The van der Waals surface area contributed by atoms with Crippen LogP contribution in [0.3, 0.4) is 0 Å². The van der Waals surface area contributed by atoms with Gasteiger partial charge in [0.25, 0.3) is 0 Å². The van der Waals surface area contributed by atoms with Gasteiger partial charge in [0.2, 0.25) is 5.91 Å². The van der Waals surface area contributed by atoms with Crippen molar-refractivity contribution >= 4 is 5.91 Å². The summed E-state index contributed by atoms with van der Waals surface area (Å²) < 4.78 is 18.0. The number of amides is 1. The minimum atomic E-state index is -0.486. The van der Waals surface area contributed by atoms with E-state index in [2.05, 4.69) is 10.3 Å². The smallest absolute Gasteiger partial charge is 0.247 e. The van der Waals surface area contributed by atoms with Crippen LogP contribution < -0.4 is 10.2 Å². The van der Waals surface area contributed by atoms with Crippen LogP contribution in [0.25, 0.3) is 0 Å². The van der Waals surface area contributed by atoms with Gasteiger partial charge in [0.1, 0.15) is 0 Å². The first kappa shape index (κ1) is 11.5. The molecule has 0 aliphatic heterocycles. The zero-order chi connectivity index (χ0) is 11.3. The highest BCUT2D eigenvalue weighted by molar-refractivity contribution is 5.77. The van der Waals surface area contributed by atoms with Gasteiger partial charge in [-0.25, -0.2) is 9.87 Å². The van der Waals surface area contributed by atoms with Crippen molar-refractivity contribution in [3.63, 3.8) is 0 Å². The van der Waals surface area contributed by atoms with Crippen LogP contribution in [0.2, 0.25) is 0 Å². The predicted octanol–water partition coefficient (Wildman–Crippen LogP) is 1.05. The molecule has 0 unspecified atom stereocenters. The number of hydroxylamine groups is 1. The van der Waals surface area contributed by atoms with Gasteiger partial charge >= 0.3 is 0 Å². The van der Waals surface area contributed by atoms with Crippen LogP contribution in [0.1, 0.15) is 5.56 Å². The second kappa shape index (κ2) is 5.31. The maximum Gasteiger partial charge on any atom is 0.247 e. The van der Waals surface area contributed by atoms with Crippen LogP contribution in [-0.4, -0.2) is 20.1 Å². The van der Waals surface area contributed by atoms with Gasteiger partial charge < -0.3 is 4.74 Å². The Labute approximate surface area is 86.9 Å². The lowest BCUT2D eigenvalue weighted by Gasteiger charge is -2.05. The Kier molecular flexibility index (Phi) is 4.05. The van der Waals surface area contributed by atoms with Crippen LogP contribution in [0.4, 0.5) is 4.39 Å². The number of halogens is 1. The molecule has 1 amide bonds. The van der Waals surface area contributed by atoms with E-state index < -0.39 is 5.82 Å². The number of rotatable bonds is 4. The number of hydrogen-bond acceptors (Lipinski definition) is 3. The van der Waals surface area contributed by atoms with E-state index in [-0.39, 0.29) is 18.1 Å². The van der Waals surface area contributed by atoms with Gasteiger partial charge in [-0.3, -0.25) is 9.63 Å². The Morgan fingerprint density at radius 2 is 2.20 bits per heavy atom. The maximum atomic E-state index is 13.2. The van der Waals surface area contributed by atoms with E-state index >= 15 is 0 Å². The molecule has 0 fully saturated rings. The predicted molar refractivity (Wildman–Crippen MR) is 51.8 cm³/mol. The van der Waals surface area contributed by atoms with Crippen molar-refractivity contribution in [1.29, 1.82) is 0 Å². The lowest BCUT2D eigenvalue weighted by molar-refractivity contribution is -0.130. The Morgan fingerprint density at radius 3 is 2.73 bits per heavy atom. The van der Waals surface area contributed by atoms with Crippen LogP contribution in [0.5, 0.6) is 5.75 Å². The minimum Gasteiger partial charge on any atom is -0.494 e. The number of methoxy groups -OCH3 is 1. The zero-order valence-corrected chi connectivity index (χ0v) is 8.54. The summed E-state index contributed by atoms with van der Waals surface area (Å²) >= 11 is 0. The molecule has 15 heavy (non-hydrogen) atoms. The van der Waals surface area contributed by atoms with Gasteiger partial charge in [-0.05, 0) is 17.7 Å². The fourth-order valence-electron chi connectivity index (χ4n) is 1.16. The molecular formula is C10H12FNO3. The molecule has 0 aromatic heterocycles. The molecule has 5 heteroatoms. The molecular weight excluding hydrogens is 201 g/mol. The SMILES string of the molecule is CONC(=O)Cc1ccc(OC)c(F)c1. The van der Waals surface area contributed by atoms with Gasteiger partial charge in [0.15, 0.2) is 11.6 Å². The summed E-state index contributed by atoms with van der Waals surface area (Å²) in [5.41, 5.74) is 2.71. The van der Waals surface area contributed by atoms with Crippen molar-refractivity contribution in [3.8, 4) is 5.75 Å². The first-order valence-corrected chi connectivity index (χ1v) is 4.31. The fraction of sp³-hybridized carbons (Fsp3) is 0.300. The molecule has 0 saturated heterocycles. The standard InChI is InChI=1S/C10H12FNO3/c1-14-9-4-3-7(5-8(9)11)6-10(13)12-15-2/h3-5H,6H2,1-2H3,(H,12,13). The average molecular weight is 213 g/mol. The Hall–Kier alpha value is -1.62. The highest BCUT2D eigenvalue weighted by Gasteiger charge is 2.06. The van der Waals surface area contributed by atoms with Gasteiger partial charge in [0, 0.05) is 0 Å². The number of ether oxygens (including phenoxy) is 1. The number of benzene rings is 1. The van der Waals surface area contributed by atoms with E-state index in [4.69, 9.17) is 4.74 Å². The first-order valence-electron chi connectivity index (χ1n) is 4.31. The van der Waals surface area contributed by atoms with E-state index in [0.29, 0.717) is 5.56 Å². The summed E-state index contributed by atoms with van der Waals surface area (Å²) in [6.07, 6.45) is 0.0642. The normalized spacial score (nSPS) is 9.80. The molecule has 82 valence electrons. The van der Waals surface area contributed by atoms with Gasteiger partial charge in [-0.1, -0.05) is 6.07 Å². The fourth-order valence-corrected chi connectivity index (χ4v) is 1.16. The van der Waals surface area contributed by atoms with E-state index in [1.165, 1.54) is 26.4 Å². The van der Waals surface area contributed by atoms with Gasteiger partial charge in [0.05, 0.1) is 20.6 Å². The summed E-state index contributed by atoms with van der Waals surface area (Å²) in [5.74, 6) is -0.659. The molecule has 0 spiro atoms. The largest absolute Gasteiger partial charge is 0.494 e. The monoisotopic (exact) mass is 213 g/mol. The molecule has 0 aliphatic rings. The van der Waals surface area contributed by atoms with E-state index in [9.17, 15) is 9.18 Å². The van der Waals surface area contributed by atoms with Crippen LogP contribution >= 0.6 is 0 Å². The highest BCUT2D eigenvalue weighted by Crippen LogP contribution is 2.17. The third kappa shape index (κ3) is 3.21. The minimum absolute atomic E-state index is 0.0642. The summed E-state index contributed by atoms with van der Waals surface area (Å²) in [6.45, 7) is 0. The Bertz CT molecular complexity index is 355. The molecule has 0 radical (unpaired) electrons. The molecule has 1 aromatic carbocycles. The Morgan fingerprint density at radius 1 is 1.47 bits per heavy atom. The topological polar surface area (TPSA) is 47.6 Å². The molecule has 0 bridgehead atoms. The summed E-state index contributed by atoms with van der Waals surface area (Å²) in [7, 11) is 2.72. The second-order valence-corrected chi connectivity index (χ2v) is 2.88. The maximum absolute atomic E-state index is 13.2. The molecule has 1 N–H and O–H groups in total. The average Bonchev–Trinajstić information content (AvgIpc) is 2.18. The van der Waals surface area contributed by atoms with E-state index in [1.54, 1.807) is 6.07 Å². The summed E-state index contributed by atoms with van der Waals surface area (Å²) in [6, 6.07) is 4.36. The Balaban J connectivity index is 2.71. The second-order valence-electron chi connectivity index (χ2n) is 2.88. The first-order chi connectivity index (χ1) is 7.17. The third-order valence-corrected chi connectivity index (χ3v) is 1.80. The van der Waals surface area contributed by atoms with Crippen LogP contribution in [0.15, 0.2) is 18.2 Å². The molecule has 0 aliphatic carbocycles. The van der Waals surface area contributed by atoms with E-state index in [1.807, 2.05) is 0 Å². The van der Waals surface area contributed by atoms with Crippen molar-refractivity contribution in [2.24, 2.45) is 0 Å². The lowest BCUT2D eigenvalue weighted by atomic mass is 10.1. The summed E-state index contributed by atoms with van der Waals surface area (Å²) in [5, 5.41) is 0. The number of carbonyl (C=O) groups excluding carboxylic acids is 1. The number of hydrogen-bond donors (Lipinski definition) is 1. The molecule has 0 heterocycles.